The lowest BCUT2D eigenvalue weighted by Crippen LogP contribution is -2.11. The van der Waals surface area contributed by atoms with Crippen LogP contribution in [0.25, 0.3) is 11.4 Å². The van der Waals surface area contributed by atoms with E-state index >= 15 is 0 Å². The third-order valence-corrected chi connectivity index (χ3v) is 3.92. The van der Waals surface area contributed by atoms with Crippen molar-refractivity contribution in [3.05, 3.63) is 40.2 Å². The molecule has 23 heavy (non-hydrogen) atoms. The Morgan fingerprint density at radius 2 is 2.30 bits per heavy atom. The van der Waals surface area contributed by atoms with Crippen molar-refractivity contribution in [1.29, 1.82) is 0 Å². The van der Waals surface area contributed by atoms with Gasteiger partial charge in [-0.2, -0.15) is 21.4 Å². The molecule has 0 aliphatic carbocycles. The van der Waals surface area contributed by atoms with Gasteiger partial charge in [-0.15, -0.1) is 0 Å². The maximum absolute atomic E-state index is 11.8. The van der Waals surface area contributed by atoms with Gasteiger partial charge in [-0.3, -0.25) is 9.48 Å². The molecule has 0 saturated heterocycles. The number of hydrogen-bond donors (Lipinski definition) is 0. The van der Waals surface area contributed by atoms with Gasteiger partial charge in [0.05, 0.1) is 18.7 Å². The number of thiophene rings is 1. The van der Waals surface area contributed by atoms with Crippen LogP contribution in [0.5, 0.6) is 0 Å². The fourth-order valence-electron chi connectivity index (χ4n) is 2.14. The summed E-state index contributed by atoms with van der Waals surface area (Å²) in [5.41, 5.74) is 2.84. The van der Waals surface area contributed by atoms with E-state index in [2.05, 4.69) is 15.2 Å². The normalized spacial score (nSPS) is 10.9. The largest absolute Gasteiger partial charge is 0.455 e. The monoisotopic (exact) mass is 332 g/mol. The number of ether oxygens (including phenoxy) is 1. The summed E-state index contributed by atoms with van der Waals surface area (Å²) in [4.78, 5) is 16.0. The highest BCUT2D eigenvalue weighted by Gasteiger charge is 2.12. The first-order valence-corrected chi connectivity index (χ1v) is 8.08. The number of hydrogen-bond acceptors (Lipinski definition) is 7. The van der Waals surface area contributed by atoms with Crippen LogP contribution < -0.4 is 0 Å². The summed E-state index contributed by atoms with van der Waals surface area (Å²) in [6.07, 6.45) is 0.244. The lowest BCUT2D eigenvalue weighted by Gasteiger charge is -2.04. The minimum absolute atomic E-state index is 0.0207. The van der Waals surface area contributed by atoms with Gasteiger partial charge in [-0.1, -0.05) is 5.16 Å². The molecule has 0 radical (unpaired) electrons. The molecule has 0 atom stereocenters. The summed E-state index contributed by atoms with van der Waals surface area (Å²) >= 11 is 1.55. The molecule has 0 unspecified atom stereocenters. The predicted molar refractivity (Wildman–Crippen MR) is 83.7 cm³/mol. The molecule has 0 aliphatic heterocycles. The second-order valence-corrected chi connectivity index (χ2v) is 5.86. The van der Waals surface area contributed by atoms with Crippen LogP contribution in [0.4, 0.5) is 0 Å². The van der Waals surface area contributed by atoms with E-state index in [0.717, 1.165) is 17.0 Å². The molecule has 3 aromatic rings. The van der Waals surface area contributed by atoms with Crippen molar-refractivity contribution in [3.8, 4) is 11.4 Å². The number of rotatable bonds is 6. The quantitative estimate of drug-likeness (QED) is 0.645. The Kier molecular flexibility index (Phi) is 4.52. The van der Waals surface area contributed by atoms with E-state index in [-0.39, 0.29) is 24.9 Å². The van der Waals surface area contributed by atoms with E-state index in [9.17, 15) is 4.79 Å². The SMILES string of the molecule is Cc1cc(C)n(CCC(=O)OCc2nc(-c3ccsc3)no2)n1. The molecule has 3 rings (SSSR count). The first-order valence-electron chi connectivity index (χ1n) is 7.13. The number of nitrogens with zero attached hydrogens (tertiary/aromatic N) is 4. The second kappa shape index (κ2) is 6.74. The average molecular weight is 332 g/mol. The summed E-state index contributed by atoms with van der Waals surface area (Å²) in [6, 6.07) is 3.87. The maximum Gasteiger partial charge on any atom is 0.308 e. The van der Waals surface area contributed by atoms with Crippen molar-refractivity contribution in [2.45, 2.75) is 33.4 Å². The van der Waals surface area contributed by atoms with Crippen LogP contribution in [-0.2, 0) is 22.7 Å². The van der Waals surface area contributed by atoms with E-state index in [1.165, 1.54) is 0 Å². The summed E-state index contributed by atoms with van der Waals surface area (Å²) in [5.74, 6) is 0.457. The Morgan fingerprint density at radius 1 is 1.43 bits per heavy atom. The van der Waals surface area contributed by atoms with Crippen molar-refractivity contribution < 1.29 is 14.1 Å². The van der Waals surface area contributed by atoms with Gasteiger partial charge < -0.3 is 9.26 Å². The Morgan fingerprint density at radius 3 is 3.00 bits per heavy atom. The standard InChI is InChI=1S/C15H16N4O3S/c1-10-7-11(2)19(17-10)5-3-14(20)21-8-13-16-15(18-22-13)12-4-6-23-9-12/h4,6-7,9H,3,5,8H2,1-2H3. The minimum atomic E-state index is -0.326. The summed E-state index contributed by atoms with van der Waals surface area (Å²) < 4.78 is 12.0. The average Bonchev–Trinajstić information content (AvgIpc) is 3.24. The molecule has 0 N–H and O–H groups in total. The highest BCUT2D eigenvalue weighted by Crippen LogP contribution is 2.18. The number of carbonyl (C=O) groups excluding carboxylic acids is 1. The van der Waals surface area contributed by atoms with E-state index in [4.69, 9.17) is 9.26 Å². The van der Waals surface area contributed by atoms with Gasteiger partial charge in [0.2, 0.25) is 5.82 Å². The zero-order chi connectivity index (χ0) is 16.2. The zero-order valence-corrected chi connectivity index (χ0v) is 13.7. The molecule has 3 aromatic heterocycles. The molecule has 8 heteroatoms. The number of aryl methyl sites for hydroxylation is 3. The summed E-state index contributed by atoms with van der Waals surface area (Å²) in [7, 11) is 0. The van der Waals surface area contributed by atoms with Crippen LogP contribution in [0.3, 0.4) is 0 Å². The van der Waals surface area contributed by atoms with Gasteiger partial charge in [-0.05, 0) is 31.4 Å². The Labute approximate surface area is 136 Å². The van der Waals surface area contributed by atoms with E-state index < -0.39 is 0 Å². The van der Waals surface area contributed by atoms with Crippen LogP contribution in [0, 0.1) is 13.8 Å². The van der Waals surface area contributed by atoms with Gasteiger partial charge in [0.25, 0.3) is 5.89 Å². The lowest BCUT2D eigenvalue weighted by atomic mass is 10.3. The van der Waals surface area contributed by atoms with Crippen molar-refractivity contribution in [3.63, 3.8) is 0 Å². The topological polar surface area (TPSA) is 83.0 Å². The molecule has 3 heterocycles. The van der Waals surface area contributed by atoms with Gasteiger partial charge >= 0.3 is 5.97 Å². The summed E-state index contributed by atoms with van der Waals surface area (Å²) in [5, 5.41) is 12.0. The highest BCUT2D eigenvalue weighted by molar-refractivity contribution is 7.08. The molecule has 0 amide bonds. The van der Waals surface area contributed by atoms with Crippen molar-refractivity contribution in [2.75, 3.05) is 0 Å². The molecule has 7 nitrogen and oxygen atoms in total. The molecule has 0 spiro atoms. The van der Waals surface area contributed by atoms with Gasteiger partial charge in [-0.25, -0.2) is 0 Å². The Hall–Kier alpha value is -2.48. The van der Waals surface area contributed by atoms with Crippen LogP contribution in [0.1, 0.15) is 23.7 Å². The molecule has 0 saturated carbocycles. The fraction of sp³-hybridized carbons (Fsp3) is 0.333. The van der Waals surface area contributed by atoms with Gasteiger partial charge in [0.1, 0.15) is 0 Å². The molecule has 0 bridgehead atoms. The molecular formula is C15H16N4O3S. The lowest BCUT2D eigenvalue weighted by molar-refractivity contribution is -0.146. The highest BCUT2D eigenvalue weighted by atomic mass is 32.1. The Balaban J connectivity index is 1.48. The third-order valence-electron chi connectivity index (χ3n) is 3.24. The fourth-order valence-corrected chi connectivity index (χ4v) is 2.77. The van der Waals surface area contributed by atoms with Crippen molar-refractivity contribution in [1.82, 2.24) is 19.9 Å². The zero-order valence-electron chi connectivity index (χ0n) is 12.9. The second-order valence-electron chi connectivity index (χ2n) is 5.08. The first kappa shape index (κ1) is 15.4. The number of esters is 1. The first-order chi connectivity index (χ1) is 11.1. The van der Waals surface area contributed by atoms with Crippen LogP contribution in [-0.4, -0.2) is 25.9 Å². The van der Waals surface area contributed by atoms with E-state index in [0.29, 0.717) is 12.4 Å². The third kappa shape index (κ3) is 3.84. The maximum atomic E-state index is 11.8. The number of aromatic nitrogens is 4. The van der Waals surface area contributed by atoms with Crippen LogP contribution in [0.2, 0.25) is 0 Å². The number of carbonyl (C=O) groups is 1. The molecule has 0 fully saturated rings. The molecule has 0 aliphatic rings. The van der Waals surface area contributed by atoms with E-state index in [1.807, 2.05) is 36.7 Å². The van der Waals surface area contributed by atoms with Crippen LogP contribution in [0.15, 0.2) is 27.4 Å². The van der Waals surface area contributed by atoms with E-state index in [1.54, 1.807) is 16.0 Å². The van der Waals surface area contributed by atoms with Crippen molar-refractivity contribution in [2.24, 2.45) is 0 Å². The van der Waals surface area contributed by atoms with Gasteiger partial charge in [0.15, 0.2) is 6.61 Å². The predicted octanol–water partition coefficient (Wildman–Crippen LogP) is 2.74. The minimum Gasteiger partial charge on any atom is -0.455 e. The molecule has 0 aromatic carbocycles. The smallest absolute Gasteiger partial charge is 0.308 e. The summed E-state index contributed by atoms with van der Waals surface area (Å²) in [6.45, 7) is 4.34. The Bertz CT molecular complexity index is 792. The molecular weight excluding hydrogens is 316 g/mol. The van der Waals surface area contributed by atoms with Crippen molar-refractivity contribution >= 4 is 17.3 Å². The molecule has 120 valence electrons. The van der Waals surface area contributed by atoms with Gasteiger partial charge in [0, 0.05) is 16.6 Å². The van der Waals surface area contributed by atoms with Crippen LogP contribution >= 0.6 is 11.3 Å².